The molecule has 1 fully saturated rings. The van der Waals surface area contributed by atoms with Gasteiger partial charge in [0.1, 0.15) is 0 Å². The van der Waals surface area contributed by atoms with Gasteiger partial charge >= 0.3 is 11.9 Å². The van der Waals surface area contributed by atoms with Gasteiger partial charge in [-0.25, -0.2) is 0 Å². The van der Waals surface area contributed by atoms with Gasteiger partial charge in [-0.3, -0.25) is 9.59 Å². The maximum atomic E-state index is 11.0. The van der Waals surface area contributed by atoms with Crippen molar-refractivity contribution in [3.8, 4) is 0 Å². The number of ether oxygens (including phenoxy) is 1. The standard InChI is InChI=1S/C10H14O3/c1-3-7(2)4-5-8-6-9(11)13-10(8)12/h4-5,7-8H,3,6H2,1-2H3. The molecular weight excluding hydrogens is 168 g/mol. The Hall–Kier alpha value is -1.12. The summed E-state index contributed by atoms with van der Waals surface area (Å²) in [5, 5.41) is 0. The largest absolute Gasteiger partial charge is 0.393 e. The third-order valence-corrected chi connectivity index (χ3v) is 2.22. The molecule has 1 rings (SSSR count). The summed E-state index contributed by atoms with van der Waals surface area (Å²) in [7, 11) is 0. The highest BCUT2D eigenvalue weighted by Gasteiger charge is 2.30. The first-order valence-electron chi connectivity index (χ1n) is 4.56. The van der Waals surface area contributed by atoms with Crippen LogP contribution in [0.5, 0.6) is 0 Å². The zero-order valence-corrected chi connectivity index (χ0v) is 7.95. The van der Waals surface area contributed by atoms with Gasteiger partial charge in [0.25, 0.3) is 0 Å². The SMILES string of the molecule is CCC(C)C=CC1CC(=O)OC1=O. The van der Waals surface area contributed by atoms with Gasteiger partial charge in [-0.2, -0.15) is 0 Å². The summed E-state index contributed by atoms with van der Waals surface area (Å²) in [6, 6.07) is 0. The van der Waals surface area contributed by atoms with Crippen LogP contribution in [0.25, 0.3) is 0 Å². The van der Waals surface area contributed by atoms with Crippen LogP contribution in [0.3, 0.4) is 0 Å². The molecule has 0 saturated carbocycles. The molecule has 2 atom stereocenters. The number of rotatable bonds is 3. The fourth-order valence-electron chi connectivity index (χ4n) is 1.10. The molecule has 0 aromatic carbocycles. The van der Waals surface area contributed by atoms with Crippen molar-refractivity contribution in [1.29, 1.82) is 0 Å². The first-order valence-corrected chi connectivity index (χ1v) is 4.56. The molecule has 13 heavy (non-hydrogen) atoms. The average Bonchev–Trinajstić information content (AvgIpc) is 2.41. The lowest BCUT2D eigenvalue weighted by Gasteiger charge is -2.00. The Morgan fingerprint density at radius 1 is 1.62 bits per heavy atom. The van der Waals surface area contributed by atoms with E-state index in [4.69, 9.17) is 0 Å². The summed E-state index contributed by atoms with van der Waals surface area (Å²) in [6.07, 6.45) is 4.98. The molecule has 0 aromatic rings. The van der Waals surface area contributed by atoms with Gasteiger partial charge in [-0.1, -0.05) is 32.4 Å². The molecule has 3 nitrogen and oxygen atoms in total. The smallest absolute Gasteiger partial charge is 0.321 e. The van der Waals surface area contributed by atoms with Crippen molar-refractivity contribution in [3.05, 3.63) is 12.2 Å². The zero-order chi connectivity index (χ0) is 9.84. The lowest BCUT2D eigenvalue weighted by atomic mass is 10.0. The lowest BCUT2D eigenvalue weighted by molar-refractivity contribution is -0.152. The van der Waals surface area contributed by atoms with Crippen LogP contribution in [0.4, 0.5) is 0 Å². The third kappa shape index (κ3) is 2.68. The molecule has 0 spiro atoms. The van der Waals surface area contributed by atoms with E-state index in [9.17, 15) is 9.59 Å². The first kappa shape index (κ1) is 9.96. The van der Waals surface area contributed by atoms with E-state index >= 15 is 0 Å². The molecule has 0 aromatic heterocycles. The van der Waals surface area contributed by atoms with Crippen LogP contribution in [-0.2, 0) is 14.3 Å². The van der Waals surface area contributed by atoms with Crippen molar-refractivity contribution < 1.29 is 14.3 Å². The van der Waals surface area contributed by atoms with E-state index in [1.165, 1.54) is 0 Å². The second kappa shape index (κ2) is 4.21. The second-order valence-corrected chi connectivity index (χ2v) is 3.37. The van der Waals surface area contributed by atoms with E-state index in [1.807, 2.05) is 6.08 Å². The maximum Gasteiger partial charge on any atom is 0.321 e. The minimum Gasteiger partial charge on any atom is -0.393 e. The summed E-state index contributed by atoms with van der Waals surface area (Å²) in [5.41, 5.74) is 0. The van der Waals surface area contributed by atoms with Gasteiger partial charge < -0.3 is 4.74 Å². The van der Waals surface area contributed by atoms with Crippen molar-refractivity contribution >= 4 is 11.9 Å². The van der Waals surface area contributed by atoms with E-state index in [-0.39, 0.29) is 12.3 Å². The van der Waals surface area contributed by atoms with Gasteiger partial charge in [0.05, 0.1) is 12.3 Å². The summed E-state index contributed by atoms with van der Waals surface area (Å²) in [5.74, 6) is -0.724. The molecule has 72 valence electrons. The fourth-order valence-corrected chi connectivity index (χ4v) is 1.10. The third-order valence-electron chi connectivity index (χ3n) is 2.22. The molecule has 1 saturated heterocycles. The Balaban J connectivity index is 2.50. The van der Waals surface area contributed by atoms with Crippen LogP contribution in [0.15, 0.2) is 12.2 Å². The van der Waals surface area contributed by atoms with Gasteiger partial charge in [0, 0.05) is 0 Å². The topological polar surface area (TPSA) is 43.4 Å². The normalized spacial score (nSPS) is 25.2. The Morgan fingerprint density at radius 3 is 2.77 bits per heavy atom. The highest BCUT2D eigenvalue weighted by Crippen LogP contribution is 2.18. The monoisotopic (exact) mass is 182 g/mol. The minimum atomic E-state index is -0.413. The molecule has 1 aliphatic rings. The van der Waals surface area contributed by atoms with Crippen molar-refractivity contribution in [2.45, 2.75) is 26.7 Å². The van der Waals surface area contributed by atoms with E-state index in [0.717, 1.165) is 6.42 Å². The molecule has 2 unspecified atom stereocenters. The predicted octanol–water partition coefficient (Wildman–Crippen LogP) is 1.68. The lowest BCUT2D eigenvalue weighted by Crippen LogP contribution is -2.04. The number of allylic oxidation sites excluding steroid dienone is 1. The summed E-state index contributed by atoms with van der Waals surface area (Å²) >= 11 is 0. The molecule has 0 aliphatic carbocycles. The molecule has 0 amide bonds. The van der Waals surface area contributed by atoms with E-state index in [0.29, 0.717) is 5.92 Å². The first-order chi connectivity index (χ1) is 6.13. The van der Waals surface area contributed by atoms with Gasteiger partial charge in [0.15, 0.2) is 0 Å². The minimum absolute atomic E-state index is 0.200. The van der Waals surface area contributed by atoms with Crippen LogP contribution >= 0.6 is 0 Å². The van der Waals surface area contributed by atoms with Crippen molar-refractivity contribution in [2.24, 2.45) is 11.8 Å². The summed E-state index contributed by atoms with van der Waals surface area (Å²) < 4.78 is 4.41. The van der Waals surface area contributed by atoms with E-state index in [1.54, 1.807) is 6.08 Å². The Morgan fingerprint density at radius 2 is 2.31 bits per heavy atom. The van der Waals surface area contributed by atoms with Crippen LogP contribution in [0.1, 0.15) is 26.7 Å². The molecule has 0 N–H and O–H groups in total. The maximum absolute atomic E-state index is 11.0. The number of carbonyl (C=O) groups excluding carboxylic acids is 2. The average molecular weight is 182 g/mol. The van der Waals surface area contributed by atoms with E-state index < -0.39 is 11.9 Å². The second-order valence-electron chi connectivity index (χ2n) is 3.37. The highest BCUT2D eigenvalue weighted by molar-refractivity contribution is 5.95. The molecule has 0 radical (unpaired) electrons. The Bertz CT molecular complexity index is 243. The van der Waals surface area contributed by atoms with Crippen LogP contribution in [0, 0.1) is 11.8 Å². The predicted molar refractivity (Wildman–Crippen MR) is 47.8 cm³/mol. The molecule has 3 heteroatoms. The van der Waals surface area contributed by atoms with Gasteiger partial charge in [0.2, 0.25) is 0 Å². The van der Waals surface area contributed by atoms with Crippen molar-refractivity contribution in [3.63, 3.8) is 0 Å². The van der Waals surface area contributed by atoms with Crippen molar-refractivity contribution in [2.75, 3.05) is 0 Å². The summed E-state index contributed by atoms with van der Waals surface area (Å²) in [6.45, 7) is 4.14. The Labute approximate surface area is 77.8 Å². The molecule has 1 aliphatic heterocycles. The number of cyclic esters (lactones) is 2. The number of carbonyl (C=O) groups is 2. The quantitative estimate of drug-likeness (QED) is 0.379. The van der Waals surface area contributed by atoms with Gasteiger partial charge in [-0.05, 0) is 5.92 Å². The molecule has 1 heterocycles. The van der Waals surface area contributed by atoms with Crippen LogP contribution in [-0.4, -0.2) is 11.9 Å². The number of hydrogen-bond donors (Lipinski definition) is 0. The fraction of sp³-hybridized carbons (Fsp3) is 0.600. The van der Waals surface area contributed by atoms with Crippen molar-refractivity contribution in [1.82, 2.24) is 0 Å². The molecule has 0 bridgehead atoms. The number of esters is 2. The number of hydrogen-bond acceptors (Lipinski definition) is 3. The van der Waals surface area contributed by atoms with E-state index in [2.05, 4.69) is 18.6 Å². The Kier molecular flexibility index (Phi) is 3.23. The molecular formula is C10H14O3. The summed E-state index contributed by atoms with van der Waals surface area (Å²) in [4.78, 5) is 21.7. The van der Waals surface area contributed by atoms with Gasteiger partial charge in [-0.15, -0.1) is 0 Å². The highest BCUT2D eigenvalue weighted by atomic mass is 16.6. The zero-order valence-electron chi connectivity index (χ0n) is 7.95. The van der Waals surface area contributed by atoms with Crippen LogP contribution < -0.4 is 0 Å². The van der Waals surface area contributed by atoms with Crippen LogP contribution in [0.2, 0.25) is 0 Å².